The summed E-state index contributed by atoms with van der Waals surface area (Å²) < 4.78 is 7.03. The molecule has 0 fully saturated rings. The number of carbonyl (C=O) groups excluding carboxylic acids is 1. The Morgan fingerprint density at radius 3 is 2.80 bits per heavy atom. The van der Waals surface area contributed by atoms with Gasteiger partial charge < -0.3 is 14.6 Å². The summed E-state index contributed by atoms with van der Waals surface area (Å²) in [6.07, 6.45) is 0. The topological polar surface area (TPSA) is 112 Å². The van der Waals surface area contributed by atoms with E-state index < -0.39 is 4.92 Å². The number of halogens is 1. The first-order valence-corrected chi connectivity index (χ1v) is 10.2. The summed E-state index contributed by atoms with van der Waals surface area (Å²) in [6.45, 7) is 2.45. The minimum atomic E-state index is -0.458. The van der Waals surface area contributed by atoms with Crippen LogP contribution in [-0.4, -0.2) is 38.5 Å². The Morgan fingerprint density at radius 1 is 1.30 bits per heavy atom. The molecule has 30 heavy (non-hydrogen) atoms. The van der Waals surface area contributed by atoms with Crippen LogP contribution in [0.1, 0.15) is 6.92 Å². The van der Waals surface area contributed by atoms with Crippen molar-refractivity contribution in [3.05, 3.63) is 57.6 Å². The molecule has 0 atom stereocenters. The molecule has 1 heterocycles. The lowest BCUT2D eigenvalue weighted by Crippen LogP contribution is -2.15. The van der Waals surface area contributed by atoms with Gasteiger partial charge in [-0.15, -0.1) is 10.2 Å². The van der Waals surface area contributed by atoms with Crippen LogP contribution in [0.2, 0.25) is 5.02 Å². The third kappa shape index (κ3) is 4.89. The van der Waals surface area contributed by atoms with E-state index in [1.54, 1.807) is 34.9 Å². The lowest BCUT2D eigenvalue weighted by Gasteiger charge is -2.11. The van der Waals surface area contributed by atoms with E-state index in [-0.39, 0.29) is 17.3 Å². The van der Waals surface area contributed by atoms with Crippen molar-refractivity contribution in [2.45, 2.75) is 18.6 Å². The number of non-ortho nitro benzene ring substituents is 1. The molecule has 156 valence electrons. The van der Waals surface area contributed by atoms with E-state index >= 15 is 0 Å². The van der Waals surface area contributed by atoms with Crippen LogP contribution in [0.4, 0.5) is 11.4 Å². The SMILES string of the molecule is CCn1c(SCC(=O)Nc2cc(Cl)ccc2OC)nnc1-c1cccc([N+](=O)[O-])c1. The van der Waals surface area contributed by atoms with Gasteiger partial charge in [0.1, 0.15) is 5.75 Å². The van der Waals surface area contributed by atoms with Gasteiger partial charge in [0.25, 0.3) is 5.69 Å². The smallest absolute Gasteiger partial charge is 0.270 e. The molecule has 1 N–H and O–H groups in total. The number of carbonyl (C=O) groups is 1. The van der Waals surface area contributed by atoms with Crippen LogP contribution in [0.5, 0.6) is 5.75 Å². The Balaban J connectivity index is 1.74. The Labute approximate surface area is 181 Å². The number of amides is 1. The second kappa shape index (κ2) is 9.59. The van der Waals surface area contributed by atoms with Gasteiger partial charge in [-0.2, -0.15) is 0 Å². The maximum atomic E-state index is 12.4. The molecule has 0 aliphatic rings. The molecule has 0 saturated heterocycles. The molecule has 0 bridgehead atoms. The monoisotopic (exact) mass is 447 g/mol. The number of methoxy groups -OCH3 is 1. The number of thioether (sulfide) groups is 1. The number of nitrogens with zero attached hydrogens (tertiary/aromatic N) is 4. The van der Waals surface area contributed by atoms with Crippen LogP contribution in [0.3, 0.4) is 0 Å². The van der Waals surface area contributed by atoms with E-state index in [2.05, 4.69) is 15.5 Å². The summed E-state index contributed by atoms with van der Waals surface area (Å²) in [7, 11) is 1.51. The van der Waals surface area contributed by atoms with Crippen LogP contribution in [0.15, 0.2) is 47.6 Å². The number of anilines is 1. The van der Waals surface area contributed by atoms with Crippen molar-refractivity contribution in [3.63, 3.8) is 0 Å². The molecule has 0 unspecified atom stereocenters. The lowest BCUT2D eigenvalue weighted by atomic mass is 10.2. The van der Waals surface area contributed by atoms with Crippen molar-refractivity contribution in [1.29, 1.82) is 0 Å². The number of aromatic nitrogens is 3. The highest BCUT2D eigenvalue weighted by Crippen LogP contribution is 2.29. The number of nitrogens with one attached hydrogen (secondary N) is 1. The van der Waals surface area contributed by atoms with Gasteiger partial charge >= 0.3 is 0 Å². The van der Waals surface area contributed by atoms with Gasteiger partial charge in [-0.1, -0.05) is 35.5 Å². The van der Waals surface area contributed by atoms with Crippen molar-refractivity contribution in [3.8, 4) is 17.1 Å². The Bertz CT molecular complexity index is 1090. The zero-order chi connectivity index (χ0) is 21.7. The van der Waals surface area contributed by atoms with Crippen LogP contribution in [0, 0.1) is 10.1 Å². The fraction of sp³-hybridized carbons (Fsp3) is 0.211. The second-order valence-electron chi connectivity index (χ2n) is 6.04. The van der Waals surface area contributed by atoms with Gasteiger partial charge in [0.2, 0.25) is 5.91 Å². The Hall–Kier alpha value is -3.11. The number of ether oxygens (including phenoxy) is 1. The van der Waals surface area contributed by atoms with Gasteiger partial charge in [0.05, 0.1) is 23.5 Å². The van der Waals surface area contributed by atoms with Gasteiger partial charge in [-0.05, 0) is 25.1 Å². The van der Waals surface area contributed by atoms with Crippen LogP contribution >= 0.6 is 23.4 Å². The van der Waals surface area contributed by atoms with Gasteiger partial charge in [0.15, 0.2) is 11.0 Å². The van der Waals surface area contributed by atoms with Crippen LogP contribution < -0.4 is 10.1 Å². The molecule has 0 radical (unpaired) electrons. The maximum absolute atomic E-state index is 12.4. The number of nitro groups is 1. The molecule has 2 aromatic carbocycles. The van der Waals surface area contributed by atoms with Crippen molar-refractivity contribution < 1.29 is 14.5 Å². The third-order valence-corrected chi connectivity index (χ3v) is 5.32. The van der Waals surface area contributed by atoms with E-state index in [0.717, 1.165) is 0 Å². The largest absolute Gasteiger partial charge is 0.495 e. The van der Waals surface area contributed by atoms with E-state index in [1.165, 1.54) is 31.0 Å². The predicted octanol–water partition coefficient (Wildman–Crippen LogP) is 4.27. The molecule has 1 aromatic heterocycles. The predicted molar refractivity (Wildman–Crippen MR) is 115 cm³/mol. The number of nitro benzene ring substituents is 1. The highest BCUT2D eigenvalue weighted by molar-refractivity contribution is 7.99. The number of hydrogen-bond acceptors (Lipinski definition) is 7. The molecule has 1 amide bonds. The van der Waals surface area contributed by atoms with Crippen molar-refractivity contribution in [2.24, 2.45) is 0 Å². The van der Waals surface area contributed by atoms with E-state index in [4.69, 9.17) is 16.3 Å². The number of benzene rings is 2. The molecule has 0 aliphatic heterocycles. The number of hydrogen-bond donors (Lipinski definition) is 1. The fourth-order valence-corrected chi connectivity index (χ4v) is 3.72. The second-order valence-corrected chi connectivity index (χ2v) is 7.42. The molecular weight excluding hydrogens is 430 g/mol. The number of rotatable bonds is 8. The summed E-state index contributed by atoms with van der Waals surface area (Å²) >= 11 is 7.20. The highest BCUT2D eigenvalue weighted by atomic mass is 35.5. The van der Waals surface area contributed by atoms with Crippen molar-refractivity contribution in [2.75, 3.05) is 18.2 Å². The van der Waals surface area contributed by atoms with E-state index in [0.29, 0.717) is 39.5 Å². The molecular formula is C19H18ClN5O4S. The van der Waals surface area contributed by atoms with Crippen LogP contribution in [-0.2, 0) is 11.3 Å². The first-order valence-electron chi connectivity index (χ1n) is 8.87. The first-order chi connectivity index (χ1) is 14.4. The van der Waals surface area contributed by atoms with Crippen molar-refractivity contribution >= 4 is 40.6 Å². The molecule has 0 spiro atoms. The van der Waals surface area contributed by atoms with Gasteiger partial charge in [-0.25, -0.2) is 0 Å². The zero-order valence-corrected chi connectivity index (χ0v) is 17.7. The summed E-state index contributed by atoms with van der Waals surface area (Å²) in [4.78, 5) is 23.0. The average molecular weight is 448 g/mol. The first kappa shape index (κ1) is 21.6. The minimum absolute atomic E-state index is 0.0257. The van der Waals surface area contributed by atoms with Crippen LogP contribution in [0.25, 0.3) is 11.4 Å². The summed E-state index contributed by atoms with van der Waals surface area (Å²) in [6, 6.07) is 11.1. The minimum Gasteiger partial charge on any atom is -0.495 e. The molecule has 9 nitrogen and oxygen atoms in total. The summed E-state index contributed by atoms with van der Waals surface area (Å²) in [5.74, 6) is 0.828. The molecule has 11 heteroatoms. The third-order valence-electron chi connectivity index (χ3n) is 4.12. The van der Waals surface area contributed by atoms with Gasteiger partial charge in [0, 0.05) is 29.3 Å². The lowest BCUT2D eigenvalue weighted by molar-refractivity contribution is -0.384. The highest BCUT2D eigenvalue weighted by Gasteiger charge is 2.17. The maximum Gasteiger partial charge on any atom is 0.270 e. The normalized spacial score (nSPS) is 10.6. The zero-order valence-electron chi connectivity index (χ0n) is 16.2. The average Bonchev–Trinajstić information content (AvgIpc) is 3.15. The summed E-state index contributed by atoms with van der Waals surface area (Å²) in [5.41, 5.74) is 1.03. The molecule has 3 rings (SSSR count). The molecule has 0 saturated carbocycles. The van der Waals surface area contributed by atoms with E-state index in [1.807, 2.05) is 6.92 Å². The molecule has 3 aromatic rings. The Kier molecular flexibility index (Phi) is 6.91. The van der Waals surface area contributed by atoms with E-state index in [9.17, 15) is 14.9 Å². The van der Waals surface area contributed by atoms with Crippen molar-refractivity contribution in [1.82, 2.24) is 14.8 Å². The quantitative estimate of drug-likeness (QED) is 0.311. The fourth-order valence-electron chi connectivity index (χ4n) is 2.75. The molecule has 0 aliphatic carbocycles. The Morgan fingerprint density at radius 2 is 2.10 bits per heavy atom. The summed E-state index contributed by atoms with van der Waals surface area (Å²) in [5, 5.41) is 23.1. The van der Waals surface area contributed by atoms with Gasteiger partial charge in [-0.3, -0.25) is 14.9 Å². The standard InChI is InChI=1S/C19H18ClN5O4S/c1-3-24-18(12-5-4-6-14(9-12)25(27)28)22-23-19(24)30-11-17(26)21-15-10-13(20)7-8-16(15)29-2/h4-10H,3,11H2,1-2H3,(H,21,26).